The number of hydrogen-bond acceptors (Lipinski definition) is 5. The van der Waals surface area contributed by atoms with Gasteiger partial charge in [0.15, 0.2) is 11.7 Å². The predicted molar refractivity (Wildman–Crippen MR) is 129 cm³/mol. The van der Waals surface area contributed by atoms with Gasteiger partial charge >= 0.3 is 0 Å². The second kappa shape index (κ2) is 11.0. The molecular weight excluding hydrogens is 441 g/mol. The first-order chi connectivity index (χ1) is 13.9. The first-order valence-corrected chi connectivity index (χ1v) is 10.8. The summed E-state index contributed by atoms with van der Waals surface area (Å²) in [6, 6.07) is 11.5. The van der Waals surface area contributed by atoms with Gasteiger partial charge in [0.25, 0.3) is 5.91 Å². The molecule has 162 valence electrons. The normalized spacial score (nSPS) is 10.9. The maximum atomic E-state index is 13.1. The van der Waals surface area contributed by atoms with Gasteiger partial charge in [0.1, 0.15) is 5.75 Å². The molecule has 1 aromatic heterocycles. The number of amides is 1. The van der Waals surface area contributed by atoms with Crippen LogP contribution in [0.4, 0.5) is 5.13 Å². The number of carbonyl (C=O) groups excluding carboxylic acids is 1. The third-order valence-corrected chi connectivity index (χ3v) is 6.15. The number of hydrogen-bond donors (Lipinski definition) is 0. The van der Waals surface area contributed by atoms with E-state index in [9.17, 15) is 4.79 Å². The van der Waals surface area contributed by atoms with Crippen molar-refractivity contribution in [1.82, 2.24) is 9.88 Å². The molecule has 1 heterocycles. The smallest absolute Gasteiger partial charge is 0.266 e. The minimum atomic E-state index is -0.102. The molecule has 0 unspecified atom stereocenters. The molecule has 3 rings (SSSR count). The fourth-order valence-electron chi connectivity index (χ4n) is 3.01. The van der Waals surface area contributed by atoms with E-state index in [0.29, 0.717) is 16.7 Å². The summed E-state index contributed by atoms with van der Waals surface area (Å²) in [5.41, 5.74) is 2.79. The molecule has 0 N–H and O–H groups in total. The van der Waals surface area contributed by atoms with Crippen molar-refractivity contribution in [3.8, 4) is 5.75 Å². The lowest BCUT2D eigenvalue weighted by Crippen LogP contribution is -2.36. The van der Waals surface area contributed by atoms with Gasteiger partial charge in [-0.15, -0.1) is 12.4 Å². The number of nitrogens with zero attached hydrogens (tertiary/aromatic N) is 3. The van der Waals surface area contributed by atoms with Crippen LogP contribution in [0.1, 0.15) is 17.5 Å². The second-order valence-corrected chi connectivity index (χ2v) is 8.69. The number of para-hydroxylation sites is 1. The summed E-state index contributed by atoms with van der Waals surface area (Å²) >= 11 is 7.75. The molecule has 0 aliphatic heterocycles. The van der Waals surface area contributed by atoms with Crippen LogP contribution in [0.2, 0.25) is 5.02 Å². The minimum absolute atomic E-state index is 0. The van der Waals surface area contributed by atoms with E-state index < -0.39 is 0 Å². The number of aromatic nitrogens is 1. The van der Waals surface area contributed by atoms with Crippen molar-refractivity contribution in [3.63, 3.8) is 0 Å². The van der Waals surface area contributed by atoms with Gasteiger partial charge < -0.3 is 9.64 Å². The van der Waals surface area contributed by atoms with Crippen LogP contribution >= 0.6 is 35.3 Å². The Morgan fingerprint density at radius 1 is 1.13 bits per heavy atom. The third-order valence-electron chi connectivity index (χ3n) is 4.70. The highest BCUT2D eigenvalue weighted by Gasteiger charge is 2.21. The lowest BCUT2D eigenvalue weighted by Gasteiger charge is -2.21. The Balaban J connectivity index is 0.00000320. The SMILES string of the molecule is Cc1ccccc1OCC(=O)N(CCCN(C)C)c1nc2c(C)c(Cl)ccc2s1.Cl. The summed E-state index contributed by atoms with van der Waals surface area (Å²) in [7, 11) is 4.05. The van der Waals surface area contributed by atoms with Crippen LogP contribution in [0.3, 0.4) is 0 Å². The Hall–Kier alpha value is -1.86. The number of halogens is 2. The molecule has 30 heavy (non-hydrogen) atoms. The molecule has 0 saturated heterocycles. The van der Waals surface area contributed by atoms with Crippen LogP contribution in [0.15, 0.2) is 36.4 Å². The summed E-state index contributed by atoms with van der Waals surface area (Å²) in [5.74, 6) is 0.621. The van der Waals surface area contributed by atoms with Crippen LogP contribution < -0.4 is 9.64 Å². The van der Waals surface area contributed by atoms with Crippen molar-refractivity contribution in [1.29, 1.82) is 0 Å². The minimum Gasteiger partial charge on any atom is -0.483 e. The average molecular weight is 468 g/mol. The van der Waals surface area contributed by atoms with Gasteiger partial charge in [-0.3, -0.25) is 9.69 Å². The van der Waals surface area contributed by atoms with Gasteiger partial charge in [0, 0.05) is 11.6 Å². The van der Waals surface area contributed by atoms with Gasteiger partial charge in [-0.2, -0.15) is 0 Å². The van der Waals surface area contributed by atoms with Crippen molar-refractivity contribution in [2.75, 3.05) is 38.7 Å². The lowest BCUT2D eigenvalue weighted by atomic mass is 10.2. The number of thiazole rings is 1. The molecule has 1 amide bonds. The Kier molecular flexibility index (Phi) is 8.92. The lowest BCUT2D eigenvalue weighted by molar-refractivity contribution is -0.120. The molecule has 3 aromatic rings. The highest BCUT2D eigenvalue weighted by Crippen LogP contribution is 2.33. The molecule has 0 aliphatic rings. The number of aryl methyl sites for hydroxylation is 2. The van der Waals surface area contributed by atoms with Crippen LogP contribution in [-0.4, -0.2) is 49.6 Å². The van der Waals surface area contributed by atoms with E-state index in [4.69, 9.17) is 21.3 Å². The number of fused-ring (bicyclic) bond motifs is 1. The van der Waals surface area contributed by atoms with Gasteiger partial charge in [0.05, 0.1) is 10.2 Å². The van der Waals surface area contributed by atoms with Gasteiger partial charge in [-0.05, 0) is 70.2 Å². The first kappa shape index (κ1) is 24.4. The Morgan fingerprint density at radius 2 is 1.87 bits per heavy atom. The van der Waals surface area contributed by atoms with Crippen LogP contribution in [-0.2, 0) is 4.79 Å². The van der Waals surface area contributed by atoms with Gasteiger partial charge in [-0.1, -0.05) is 41.1 Å². The Morgan fingerprint density at radius 3 is 2.57 bits per heavy atom. The van der Waals surface area contributed by atoms with E-state index in [-0.39, 0.29) is 24.9 Å². The molecule has 5 nitrogen and oxygen atoms in total. The Labute approximate surface area is 193 Å². The van der Waals surface area contributed by atoms with E-state index >= 15 is 0 Å². The second-order valence-electron chi connectivity index (χ2n) is 7.27. The van der Waals surface area contributed by atoms with Crippen molar-refractivity contribution in [2.45, 2.75) is 20.3 Å². The third kappa shape index (κ3) is 5.85. The first-order valence-electron chi connectivity index (χ1n) is 9.56. The maximum absolute atomic E-state index is 13.1. The van der Waals surface area contributed by atoms with E-state index in [1.807, 2.05) is 64.3 Å². The topological polar surface area (TPSA) is 45.7 Å². The highest BCUT2D eigenvalue weighted by atomic mass is 35.5. The van der Waals surface area contributed by atoms with E-state index in [0.717, 1.165) is 40.1 Å². The van der Waals surface area contributed by atoms with Crippen molar-refractivity contribution in [2.24, 2.45) is 0 Å². The summed E-state index contributed by atoms with van der Waals surface area (Å²) in [6.07, 6.45) is 0.846. The monoisotopic (exact) mass is 467 g/mol. The summed E-state index contributed by atoms with van der Waals surface area (Å²) < 4.78 is 6.82. The average Bonchev–Trinajstić information content (AvgIpc) is 3.12. The fraction of sp³-hybridized carbons (Fsp3) is 0.364. The van der Waals surface area contributed by atoms with E-state index in [1.54, 1.807) is 4.90 Å². The highest BCUT2D eigenvalue weighted by molar-refractivity contribution is 7.22. The summed E-state index contributed by atoms with van der Waals surface area (Å²) in [6.45, 7) is 5.36. The van der Waals surface area contributed by atoms with Crippen LogP contribution in [0, 0.1) is 13.8 Å². The molecule has 0 fully saturated rings. The largest absolute Gasteiger partial charge is 0.483 e. The van der Waals surface area contributed by atoms with Crippen molar-refractivity contribution < 1.29 is 9.53 Å². The van der Waals surface area contributed by atoms with Crippen LogP contribution in [0.25, 0.3) is 10.2 Å². The number of anilines is 1. The Bertz CT molecular complexity index is 1010. The van der Waals surface area contributed by atoms with Gasteiger partial charge in [-0.25, -0.2) is 4.98 Å². The molecule has 0 saturated carbocycles. The van der Waals surface area contributed by atoms with Crippen molar-refractivity contribution >= 4 is 56.6 Å². The zero-order valence-electron chi connectivity index (χ0n) is 17.6. The van der Waals surface area contributed by atoms with Gasteiger partial charge in [0.2, 0.25) is 0 Å². The molecule has 8 heteroatoms. The summed E-state index contributed by atoms with van der Waals surface area (Å²) in [5, 5.41) is 1.37. The molecular formula is C22H27Cl2N3O2S. The number of benzene rings is 2. The van der Waals surface area contributed by atoms with E-state index in [1.165, 1.54) is 11.3 Å². The number of carbonyl (C=O) groups is 1. The van der Waals surface area contributed by atoms with Crippen molar-refractivity contribution in [3.05, 3.63) is 52.5 Å². The fourth-order valence-corrected chi connectivity index (χ4v) is 4.23. The summed E-state index contributed by atoms with van der Waals surface area (Å²) in [4.78, 5) is 21.6. The quantitative estimate of drug-likeness (QED) is 0.447. The van der Waals surface area contributed by atoms with E-state index in [2.05, 4.69) is 4.90 Å². The molecule has 0 radical (unpaired) electrons. The maximum Gasteiger partial charge on any atom is 0.266 e. The molecule has 0 atom stereocenters. The molecule has 2 aromatic carbocycles. The zero-order chi connectivity index (χ0) is 21.0. The predicted octanol–water partition coefficient (Wildman–Crippen LogP) is 5.35. The standard InChI is InChI=1S/C22H26ClN3O2S.ClH/c1-15-8-5-6-9-18(15)28-14-20(27)26(13-7-12-25(3)4)22-24-21-16(2)17(23)10-11-19(21)29-22;/h5-6,8-11H,7,12-14H2,1-4H3;1H. The zero-order valence-corrected chi connectivity index (χ0v) is 20.0. The molecule has 0 spiro atoms. The molecule has 0 aliphatic carbocycles. The van der Waals surface area contributed by atoms with Crippen LogP contribution in [0.5, 0.6) is 5.75 Å². The number of rotatable bonds is 8. The molecule has 0 bridgehead atoms. The number of ether oxygens (including phenoxy) is 1.